The molecule has 1 aliphatic carbocycles. The van der Waals surface area contributed by atoms with E-state index >= 15 is 0 Å². The van der Waals surface area contributed by atoms with Crippen LogP contribution in [0.3, 0.4) is 0 Å². The molecule has 8 heteroatoms. The molecule has 1 aromatic heterocycles. The molecule has 2 fully saturated rings. The molecule has 2 bridgehead atoms. The minimum Gasteiger partial charge on any atom is -0.367 e. The van der Waals surface area contributed by atoms with Crippen molar-refractivity contribution in [3.63, 3.8) is 0 Å². The van der Waals surface area contributed by atoms with E-state index in [0.29, 0.717) is 11.5 Å². The van der Waals surface area contributed by atoms with Crippen molar-refractivity contribution in [3.8, 4) is 0 Å². The summed E-state index contributed by atoms with van der Waals surface area (Å²) in [6, 6.07) is 5.47. The molecule has 1 saturated carbocycles. The minimum atomic E-state index is -0.375. The second-order valence-electron chi connectivity index (χ2n) is 8.22. The topological polar surface area (TPSA) is 89.5 Å². The first-order valence-electron chi connectivity index (χ1n) is 8.73. The Bertz CT molecular complexity index is 874. The van der Waals surface area contributed by atoms with Gasteiger partial charge in [-0.1, -0.05) is 20.8 Å². The molecule has 2 aromatic rings. The summed E-state index contributed by atoms with van der Waals surface area (Å²) in [5, 5.41) is 22.9. The zero-order valence-corrected chi connectivity index (χ0v) is 15.2. The van der Waals surface area contributed by atoms with Crippen LogP contribution in [0.15, 0.2) is 36.0 Å². The van der Waals surface area contributed by atoms with E-state index in [-0.39, 0.29) is 16.0 Å². The summed E-state index contributed by atoms with van der Waals surface area (Å²) in [5.41, 5.74) is 2.36. The number of fused-ring (bicyclic) bond motifs is 2. The molecule has 0 spiro atoms. The number of nitrogens with zero attached hydrogens (tertiary/aromatic N) is 6. The van der Waals surface area contributed by atoms with E-state index in [9.17, 15) is 10.1 Å². The average molecular weight is 354 g/mol. The molecule has 1 saturated heterocycles. The maximum Gasteiger partial charge on any atom is 0.270 e. The molecule has 0 N–H and O–H groups in total. The van der Waals surface area contributed by atoms with Crippen molar-refractivity contribution in [3.05, 3.63) is 46.5 Å². The van der Waals surface area contributed by atoms with Crippen molar-refractivity contribution in [2.45, 2.75) is 39.7 Å². The largest absolute Gasteiger partial charge is 0.367 e. The van der Waals surface area contributed by atoms with Crippen molar-refractivity contribution >= 4 is 17.6 Å². The molecule has 2 aliphatic rings. The molecular formula is C18H22N6O2. The van der Waals surface area contributed by atoms with Crippen molar-refractivity contribution in [2.75, 3.05) is 11.4 Å². The highest BCUT2D eigenvalue weighted by molar-refractivity contribution is 5.89. The highest BCUT2D eigenvalue weighted by Crippen LogP contribution is 2.59. The first-order chi connectivity index (χ1) is 12.3. The number of non-ortho nitro benzene ring substituents is 1. The number of nitro benzene ring substituents is 1. The maximum absolute atomic E-state index is 11.2. The summed E-state index contributed by atoms with van der Waals surface area (Å²) >= 11 is 0. The Morgan fingerprint density at radius 2 is 2.00 bits per heavy atom. The molecule has 2 atom stereocenters. The predicted molar refractivity (Wildman–Crippen MR) is 98.4 cm³/mol. The van der Waals surface area contributed by atoms with E-state index in [1.165, 1.54) is 17.3 Å². The minimum absolute atomic E-state index is 0.0647. The van der Waals surface area contributed by atoms with Gasteiger partial charge in [-0.05, 0) is 29.7 Å². The number of nitro groups is 1. The van der Waals surface area contributed by atoms with E-state index in [1.54, 1.807) is 18.3 Å². The van der Waals surface area contributed by atoms with E-state index in [4.69, 9.17) is 0 Å². The molecule has 26 heavy (non-hydrogen) atoms. The number of piperidine rings is 1. The molecule has 2 unspecified atom stereocenters. The second kappa shape index (κ2) is 5.62. The summed E-state index contributed by atoms with van der Waals surface area (Å²) in [7, 11) is 0. The van der Waals surface area contributed by atoms with Crippen molar-refractivity contribution in [2.24, 2.45) is 15.9 Å². The Labute approximate surface area is 151 Å². The standard InChI is InChI=1S/C18H22N6O2/c1-17(2)7-15-8-18(17,3)10-23(15)16-5-4-14(24(25)26)6-13(16)9-21-22-11-19-20-12-22/h4-6,9,11-12,15H,7-8,10H2,1-3H3. The van der Waals surface area contributed by atoms with Crippen molar-refractivity contribution in [1.82, 2.24) is 14.9 Å². The van der Waals surface area contributed by atoms with Crippen LogP contribution in [0.2, 0.25) is 0 Å². The first kappa shape index (κ1) is 16.7. The van der Waals surface area contributed by atoms with Gasteiger partial charge in [0, 0.05) is 36.0 Å². The first-order valence-corrected chi connectivity index (χ1v) is 8.73. The zero-order valence-electron chi connectivity index (χ0n) is 15.2. The Kier molecular flexibility index (Phi) is 3.61. The van der Waals surface area contributed by atoms with Gasteiger partial charge in [-0.2, -0.15) is 5.10 Å². The molecule has 0 amide bonds. The van der Waals surface area contributed by atoms with E-state index in [0.717, 1.165) is 30.6 Å². The normalized spacial score (nSPS) is 26.7. The van der Waals surface area contributed by atoms with Gasteiger partial charge in [0.15, 0.2) is 0 Å². The number of benzene rings is 1. The Morgan fingerprint density at radius 3 is 2.58 bits per heavy atom. The SMILES string of the molecule is CC1(C)CC2CC1(C)CN2c1ccc([N+](=O)[O-])cc1C=Nn1cnnc1. The van der Waals surface area contributed by atoms with E-state index in [1.807, 2.05) is 6.07 Å². The van der Waals surface area contributed by atoms with Crippen molar-refractivity contribution < 1.29 is 4.92 Å². The van der Waals surface area contributed by atoms with Crippen LogP contribution < -0.4 is 4.90 Å². The maximum atomic E-state index is 11.2. The fourth-order valence-electron chi connectivity index (χ4n) is 4.39. The third-order valence-corrected chi connectivity index (χ3v) is 6.29. The predicted octanol–water partition coefficient (Wildman–Crippen LogP) is 3.08. The van der Waals surface area contributed by atoms with Crippen LogP contribution in [-0.4, -0.2) is 38.6 Å². The number of hydrogen-bond donors (Lipinski definition) is 0. The third-order valence-electron chi connectivity index (χ3n) is 6.29. The number of anilines is 1. The van der Waals surface area contributed by atoms with Crippen LogP contribution in [-0.2, 0) is 0 Å². The van der Waals surface area contributed by atoms with Gasteiger partial charge in [0.05, 0.1) is 11.1 Å². The molecule has 1 aliphatic heterocycles. The van der Waals surface area contributed by atoms with Gasteiger partial charge in [0.25, 0.3) is 5.69 Å². The fourth-order valence-corrected chi connectivity index (χ4v) is 4.39. The highest BCUT2D eigenvalue weighted by atomic mass is 16.6. The number of hydrogen-bond acceptors (Lipinski definition) is 6. The highest BCUT2D eigenvalue weighted by Gasteiger charge is 2.57. The van der Waals surface area contributed by atoms with E-state index in [2.05, 4.69) is 41.0 Å². The molecule has 0 radical (unpaired) electrons. The molecule has 136 valence electrons. The molecular weight excluding hydrogens is 332 g/mol. The summed E-state index contributed by atoms with van der Waals surface area (Å²) in [4.78, 5) is 13.2. The summed E-state index contributed by atoms with van der Waals surface area (Å²) in [6.07, 6.45) is 6.89. The van der Waals surface area contributed by atoms with Crippen LogP contribution in [0.1, 0.15) is 39.2 Å². The van der Waals surface area contributed by atoms with Gasteiger partial charge in [-0.25, -0.2) is 4.68 Å². The molecule has 1 aromatic carbocycles. The number of aromatic nitrogens is 3. The van der Waals surface area contributed by atoms with Crippen LogP contribution in [0.5, 0.6) is 0 Å². The average Bonchev–Trinajstić information content (AvgIpc) is 3.25. The Hall–Kier alpha value is -2.77. The molecule has 4 rings (SSSR count). The van der Waals surface area contributed by atoms with Gasteiger partial charge in [-0.15, -0.1) is 10.2 Å². The second-order valence-corrected chi connectivity index (χ2v) is 8.22. The van der Waals surface area contributed by atoms with Crippen molar-refractivity contribution in [1.29, 1.82) is 0 Å². The monoisotopic (exact) mass is 354 g/mol. The van der Waals surface area contributed by atoms with Gasteiger partial charge in [-0.3, -0.25) is 10.1 Å². The lowest BCUT2D eigenvalue weighted by molar-refractivity contribution is -0.384. The zero-order chi connectivity index (χ0) is 18.5. The molecule has 2 heterocycles. The van der Waals surface area contributed by atoms with Crippen LogP contribution >= 0.6 is 0 Å². The lowest BCUT2D eigenvalue weighted by atomic mass is 9.69. The molecule has 8 nitrogen and oxygen atoms in total. The van der Waals surface area contributed by atoms with Gasteiger partial charge < -0.3 is 4.90 Å². The van der Waals surface area contributed by atoms with Crippen LogP contribution in [0.4, 0.5) is 11.4 Å². The van der Waals surface area contributed by atoms with Crippen LogP contribution in [0.25, 0.3) is 0 Å². The smallest absolute Gasteiger partial charge is 0.270 e. The summed E-state index contributed by atoms with van der Waals surface area (Å²) < 4.78 is 1.48. The lowest BCUT2D eigenvalue weighted by Gasteiger charge is -2.44. The van der Waals surface area contributed by atoms with E-state index < -0.39 is 0 Å². The van der Waals surface area contributed by atoms with Gasteiger partial charge in [0.2, 0.25) is 0 Å². The Morgan fingerprint density at radius 1 is 1.27 bits per heavy atom. The van der Waals surface area contributed by atoms with Gasteiger partial charge >= 0.3 is 0 Å². The quantitative estimate of drug-likeness (QED) is 0.478. The summed E-state index contributed by atoms with van der Waals surface area (Å²) in [5.74, 6) is 0. The number of rotatable bonds is 4. The lowest BCUT2D eigenvalue weighted by Crippen LogP contribution is -2.44. The fraction of sp³-hybridized carbons (Fsp3) is 0.500. The van der Waals surface area contributed by atoms with Crippen LogP contribution in [0, 0.1) is 20.9 Å². The Balaban J connectivity index is 1.71. The summed E-state index contributed by atoms with van der Waals surface area (Å²) in [6.45, 7) is 7.99. The van der Waals surface area contributed by atoms with Gasteiger partial charge in [0.1, 0.15) is 12.7 Å². The third kappa shape index (κ3) is 2.56.